The number of carboxylic acid groups (broad SMARTS) is 1. The number of carbonyl (C=O) groups is 1. The van der Waals surface area contributed by atoms with E-state index in [0.29, 0.717) is 37.4 Å². The summed E-state index contributed by atoms with van der Waals surface area (Å²) in [4.78, 5) is 15.4. The van der Waals surface area contributed by atoms with Crippen molar-refractivity contribution in [3.8, 4) is 0 Å². The van der Waals surface area contributed by atoms with Crippen LogP contribution >= 0.6 is 0 Å². The first kappa shape index (κ1) is 12.7. The topological polar surface area (TPSA) is 76.2 Å². The molecule has 1 N–H and O–H groups in total. The van der Waals surface area contributed by atoms with Crippen LogP contribution in [0.5, 0.6) is 0 Å². The smallest absolute Gasteiger partial charge is 0.310 e. The first-order valence-corrected chi connectivity index (χ1v) is 5.62. The molecular formula is C11H18N2O3. The van der Waals surface area contributed by atoms with Gasteiger partial charge in [-0.05, 0) is 12.8 Å². The molecule has 0 atom stereocenters. The molecule has 0 bridgehead atoms. The third kappa shape index (κ3) is 2.40. The van der Waals surface area contributed by atoms with Crippen LogP contribution < -0.4 is 0 Å². The number of hydrogen-bond donors (Lipinski definition) is 1. The minimum Gasteiger partial charge on any atom is -0.481 e. The highest BCUT2D eigenvalue weighted by Crippen LogP contribution is 2.30. The van der Waals surface area contributed by atoms with Crippen LogP contribution in [-0.4, -0.2) is 21.2 Å². The van der Waals surface area contributed by atoms with E-state index in [1.54, 1.807) is 0 Å². The SMILES string of the molecule is CCc1noc(CC(CC)(CC)C(=O)O)n1. The lowest BCUT2D eigenvalue weighted by Gasteiger charge is -2.24. The van der Waals surface area contributed by atoms with Gasteiger partial charge in [0.05, 0.1) is 5.41 Å². The second kappa shape index (κ2) is 5.09. The van der Waals surface area contributed by atoms with E-state index in [2.05, 4.69) is 10.1 Å². The first-order valence-electron chi connectivity index (χ1n) is 5.62. The van der Waals surface area contributed by atoms with Gasteiger partial charge in [0.15, 0.2) is 5.82 Å². The van der Waals surface area contributed by atoms with Crippen molar-refractivity contribution < 1.29 is 14.4 Å². The van der Waals surface area contributed by atoms with Crippen LogP contribution in [0.4, 0.5) is 0 Å². The summed E-state index contributed by atoms with van der Waals surface area (Å²) in [6.45, 7) is 5.67. The molecule has 5 nitrogen and oxygen atoms in total. The van der Waals surface area contributed by atoms with Crippen molar-refractivity contribution in [2.24, 2.45) is 5.41 Å². The van der Waals surface area contributed by atoms with Crippen molar-refractivity contribution >= 4 is 5.97 Å². The van der Waals surface area contributed by atoms with E-state index in [1.807, 2.05) is 20.8 Å². The molecule has 0 aromatic carbocycles. The monoisotopic (exact) mass is 226 g/mol. The quantitative estimate of drug-likeness (QED) is 0.803. The maximum atomic E-state index is 11.3. The van der Waals surface area contributed by atoms with Crippen molar-refractivity contribution in [1.82, 2.24) is 10.1 Å². The van der Waals surface area contributed by atoms with Crippen molar-refractivity contribution in [2.75, 3.05) is 0 Å². The average Bonchev–Trinajstić information content (AvgIpc) is 2.73. The van der Waals surface area contributed by atoms with Gasteiger partial charge in [-0.15, -0.1) is 0 Å². The fraction of sp³-hybridized carbons (Fsp3) is 0.727. The molecule has 1 aromatic rings. The van der Waals surface area contributed by atoms with E-state index < -0.39 is 11.4 Å². The summed E-state index contributed by atoms with van der Waals surface area (Å²) in [5.41, 5.74) is -0.780. The average molecular weight is 226 g/mol. The summed E-state index contributed by atoms with van der Waals surface area (Å²) in [7, 11) is 0. The van der Waals surface area contributed by atoms with Gasteiger partial charge in [-0.25, -0.2) is 0 Å². The van der Waals surface area contributed by atoms with Crippen LogP contribution in [0.1, 0.15) is 45.3 Å². The molecule has 0 aliphatic heterocycles. The predicted molar refractivity (Wildman–Crippen MR) is 58.0 cm³/mol. The van der Waals surface area contributed by atoms with E-state index in [0.717, 1.165) is 0 Å². The fourth-order valence-corrected chi connectivity index (χ4v) is 1.67. The number of carboxylic acids is 1. The van der Waals surface area contributed by atoms with Gasteiger partial charge >= 0.3 is 5.97 Å². The molecule has 5 heteroatoms. The lowest BCUT2D eigenvalue weighted by atomic mass is 9.79. The summed E-state index contributed by atoms with van der Waals surface area (Å²) >= 11 is 0. The maximum Gasteiger partial charge on any atom is 0.310 e. The third-order valence-electron chi connectivity index (χ3n) is 3.12. The molecule has 0 amide bonds. The number of aryl methyl sites for hydroxylation is 1. The zero-order chi connectivity index (χ0) is 12.2. The van der Waals surface area contributed by atoms with Gasteiger partial charge in [0.1, 0.15) is 0 Å². The maximum absolute atomic E-state index is 11.3. The molecule has 16 heavy (non-hydrogen) atoms. The standard InChI is InChI=1S/C11H18N2O3/c1-4-8-12-9(16-13-8)7-11(5-2,6-3)10(14)15/h4-7H2,1-3H3,(H,14,15). The molecule has 0 saturated heterocycles. The van der Waals surface area contributed by atoms with Crippen molar-refractivity contribution in [3.05, 3.63) is 11.7 Å². The van der Waals surface area contributed by atoms with Crippen LogP contribution in [0.15, 0.2) is 4.52 Å². The number of rotatable bonds is 6. The molecule has 0 saturated carbocycles. The Bertz CT molecular complexity index is 356. The summed E-state index contributed by atoms with van der Waals surface area (Å²) in [5, 5.41) is 13.0. The molecule has 0 aliphatic rings. The minimum atomic E-state index is -0.797. The van der Waals surface area contributed by atoms with Gasteiger partial charge < -0.3 is 9.63 Å². The minimum absolute atomic E-state index is 0.308. The largest absolute Gasteiger partial charge is 0.481 e. The summed E-state index contributed by atoms with van der Waals surface area (Å²) in [6.07, 6.45) is 2.12. The second-order valence-corrected chi connectivity index (χ2v) is 3.93. The number of nitrogens with zero attached hydrogens (tertiary/aromatic N) is 2. The van der Waals surface area contributed by atoms with Gasteiger partial charge in [0.25, 0.3) is 0 Å². The van der Waals surface area contributed by atoms with Crippen molar-refractivity contribution in [1.29, 1.82) is 0 Å². The molecule has 1 aromatic heterocycles. The Morgan fingerprint density at radius 2 is 2.00 bits per heavy atom. The molecule has 0 radical (unpaired) electrons. The Morgan fingerprint density at radius 1 is 1.38 bits per heavy atom. The van der Waals surface area contributed by atoms with Crippen LogP contribution in [0, 0.1) is 5.41 Å². The summed E-state index contributed by atoms with van der Waals surface area (Å²) in [6, 6.07) is 0. The van der Waals surface area contributed by atoms with Crippen molar-refractivity contribution in [3.63, 3.8) is 0 Å². The molecular weight excluding hydrogens is 208 g/mol. The normalized spacial score (nSPS) is 11.7. The molecule has 0 aliphatic carbocycles. The Morgan fingerprint density at radius 3 is 2.38 bits per heavy atom. The Hall–Kier alpha value is -1.39. The van der Waals surface area contributed by atoms with Gasteiger partial charge in [-0.2, -0.15) is 4.98 Å². The summed E-state index contributed by atoms with van der Waals surface area (Å²) < 4.78 is 5.04. The van der Waals surface area contributed by atoms with Gasteiger partial charge in [-0.3, -0.25) is 4.79 Å². The zero-order valence-corrected chi connectivity index (χ0v) is 9.99. The Labute approximate surface area is 94.9 Å². The highest BCUT2D eigenvalue weighted by Gasteiger charge is 2.36. The molecule has 1 rings (SSSR count). The van der Waals surface area contributed by atoms with Crippen LogP contribution in [0.2, 0.25) is 0 Å². The zero-order valence-electron chi connectivity index (χ0n) is 9.99. The van der Waals surface area contributed by atoms with E-state index in [9.17, 15) is 9.90 Å². The molecule has 0 fully saturated rings. The van der Waals surface area contributed by atoms with Crippen LogP contribution in [0.25, 0.3) is 0 Å². The Kier molecular flexibility index (Phi) is 4.04. The lowest BCUT2D eigenvalue weighted by Crippen LogP contribution is -2.32. The number of aliphatic carboxylic acids is 1. The fourth-order valence-electron chi connectivity index (χ4n) is 1.67. The van der Waals surface area contributed by atoms with E-state index in [4.69, 9.17) is 4.52 Å². The highest BCUT2D eigenvalue weighted by molar-refractivity contribution is 5.74. The van der Waals surface area contributed by atoms with Crippen LogP contribution in [-0.2, 0) is 17.6 Å². The van der Waals surface area contributed by atoms with Gasteiger partial charge in [0.2, 0.25) is 5.89 Å². The number of aromatic nitrogens is 2. The second-order valence-electron chi connectivity index (χ2n) is 3.93. The van der Waals surface area contributed by atoms with Gasteiger partial charge in [-0.1, -0.05) is 25.9 Å². The Balaban J connectivity index is 2.87. The highest BCUT2D eigenvalue weighted by atomic mass is 16.5. The third-order valence-corrected chi connectivity index (χ3v) is 3.12. The summed E-state index contributed by atoms with van der Waals surface area (Å²) in [5.74, 6) is 0.248. The predicted octanol–water partition coefficient (Wildman–Crippen LogP) is 2.07. The van der Waals surface area contributed by atoms with Crippen LogP contribution in [0.3, 0.4) is 0 Å². The number of hydrogen-bond acceptors (Lipinski definition) is 4. The molecule has 90 valence electrons. The molecule has 1 heterocycles. The van der Waals surface area contributed by atoms with E-state index in [-0.39, 0.29) is 0 Å². The van der Waals surface area contributed by atoms with E-state index >= 15 is 0 Å². The first-order chi connectivity index (χ1) is 7.57. The van der Waals surface area contributed by atoms with E-state index in [1.165, 1.54) is 0 Å². The molecule has 0 spiro atoms. The lowest BCUT2D eigenvalue weighted by molar-refractivity contribution is -0.149. The molecule has 0 unspecified atom stereocenters. The van der Waals surface area contributed by atoms with Gasteiger partial charge in [0, 0.05) is 12.8 Å². The van der Waals surface area contributed by atoms with Crippen molar-refractivity contribution in [2.45, 2.75) is 46.5 Å².